The van der Waals surface area contributed by atoms with Crippen molar-refractivity contribution >= 4 is 11.9 Å². The number of esters is 2. The molecule has 0 saturated heterocycles. The fraction of sp³-hybridized carbons (Fsp3) is 0.857. The lowest BCUT2D eigenvalue weighted by molar-refractivity contribution is -0.412. The first-order chi connectivity index (χ1) is 9.23. The van der Waals surface area contributed by atoms with E-state index in [0.29, 0.717) is 24.7 Å². The number of rotatable bonds is 9. The zero-order chi connectivity index (χ0) is 15.7. The predicted octanol–water partition coefficient (Wildman–Crippen LogP) is -0.614. The maximum atomic E-state index is 11.6. The summed E-state index contributed by atoms with van der Waals surface area (Å²) in [5.41, 5.74) is 7.52. The van der Waals surface area contributed by atoms with Crippen LogP contribution in [0.25, 0.3) is 0 Å². The molecule has 2 unspecified atom stereocenters. The van der Waals surface area contributed by atoms with Crippen LogP contribution in [0.2, 0.25) is 0 Å². The van der Waals surface area contributed by atoms with Crippen LogP contribution < -0.4 is 11.5 Å². The van der Waals surface area contributed by atoms with E-state index in [1.54, 1.807) is 0 Å². The van der Waals surface area contributed by atoms with Crippen molar-refractivity contribution in [3.63, 3.8) is 0 Å². The zero-order valence-electron chi connectivity index (χ0n) is 13.2. The van der Waals surface area contributed by atoms with Crippen molar-refractivity contribution in [3.05, 3.63) is 0 Å². The largest absolute Gasteiger partial charge is 0.458 e. The van der Waals surface area contributed by atoms with Crippen molar-refractivity contribution in [2.24, 2.45) is 11.8 Å². The van der Waals surface area contributed by atoms with E-state index in [4.69, 9.17) is 9.47 Å². The molecule has 0 aromatic heterocycles. The average Bonchev–Trinajstić information content (AvgIpc) is 2.32. The number of hydrogen-bond donors (Lipinski definition) is 2. The average molecular weight is 290 g/mol. The Balaban J connectivity index is 3.80. The Hall–Kier alpha value is -1.14. The third-order valence-electron chi connectivity index (χ3n) is 2.75. The van der Waals surface area contributed by atoms with Crippen molar-refractivity contribution in [3.8, 4) is 0 Å². The van der Waals surface area contributed by atoms with E-state index in [1.165, 1.54) is 0 Å². The minimum absolute atomic E-state index is 0.0725. The van der Waals surface area contributed by atoms with Gasteiger partial charge in [-0.2, -0.15) is 0 Å². The molecule has 6 N–H and O–H groups in total. The molecule has 0 amide bonds. The summed E-state index contributed by atoms with van der Waals surface area (Å²) in [5, 5.41) is 0. The second-order valence-electron chi connectivity index (χ2n) is 5.99. The molecule has 0 aromatic rings. The molecular formula is C14H30N2O4+2. The zero-order valence-corrected chi connectivity index (χ0v) is 13.2. The highest BCUT2D eigenvalue weighted by Crippen LogP contribution is 2.04. The van der Waals surface area contributed by atoms with Crippen LogP contribution in [0.15, 0.2) is 0 Å². The maximum absolute atomic E-state index is 11.6. The first-order valence-electron chi connectivity index (χ1n) is 7.23. The van der Waals surface area contributed by atoms with Crippen LogP contribution in [0.4, 0.5) is 0 Å². The summed E-state index contributed by atoms with van der Waals surface area (Å²) in [7, 11) is 0. The Bertz CT molecular complexity index is 276. The Labute approximate surface area is 121 Å². The molecule has 2 atom stereocenters. The fourth-order valence-electron chi connectivity index (χ4n) is 1.85. The quantitative estimate of drug-likeness (QED) is 0.436. The lowest BCUT2D eigenvalue weighted by atomic mass is 10.1. The number of hydrogen-bond acceptors (Lipinski definition) is 4. The van der Waals surface area contributed by atoms with Crippen LogP contribution in [0.3, 0.4) is 0 Å². The van der Waals surface area contributed by atoms with E-state index in [1.807, 2.05) is 27.7 Å². The van der Waals surface area contributed by atoms with Gasteiger partial charge in [0.25, 0.3) is 0 Å². The molecule has 0 fully saturated rings. The van der Waals surface area contributed by atoms with Gasteiger partial charge in [-0.05, 0) is 11.8 Å². The van der Waals surface area contributed by atoms with Crippen molar-refractivity contribution in [2.75, 3.05) is 13.2 Å². The van der Waals surface area contributed by atoms with Gasteiger partial charge in [-0.25, -0.2) is 9.59 Å². The predicted molar refractivity (Wildman–Crippen MR) is 74.2 cm³/mol. The summed E-state index contributed by atoms with van der Waals surface area (Å²) in [4.78, 5) is 23.1. The number of ether oxygens (including phenoxy) is 2. The van der Waals surface area contributed by atoms with Gasteiger partial charge in [0.05, 0.1) is 0 Å². The Kier molecular flexibility index (Phi) is 9.16. The Morgan fingerprint density at radius 3 is 1.35 bits per heavy atom. The normalized spacial score (nSPS) is 14.2. The van der Waals surface area contributed by atoms with Crippen LogP contribution in [-0.2, 0) is 19.1 Å². The minimum Gasteiger partial charge on any atom is -0.458 e. The van der Waals surface area contributed by atoms with Gasteiger partial charge in [-0.15, -0.1) is 0 Å². The molecular weight excluding hydrogens is 260 g/mol. The smallest absolute Gasteiger partial charge is 0.364 e. The van der Waals surface area contributed by atoms with Crippen molar-refractivity contribution in [2.45, 2.75) is 52.6 Å². The molecule has 0 bridgehead atoms. The van der Waals surface area contributed by atoms with Gasteiger partial charge in [-0.1, -0.05) is 27.7 Å². The summed E-state index contributed by atoms with van der Waals surface area (Å²) >= 11 is 0. The van der Waals surface area contributed by atoms with Gasteiger partial charge in [0.15, 0.2) is 12.1 Å². The fourth-order valence-corrected chi connectivity index (χ4v) is 1.85. The van der Waals surface area contributed by atoms with Gasteiger partial charge < -0.3 is 20.9 Å². The Morgan fingerprint density at radius 1 is 0.800 bits per heavy atom. The van der Waals surface area contributed by atoms with E-state index >= 15 is 0 Å². The van der Waals surface area contributed by atoms with E-state index < -0.39 is 0 Å². The third kappa shape index (κ3) is 8.87. The lowest BCUT2D eigenvalue weighted by Crippen LogP contribution is -2.66. The standard InChI is InChI=1S/C14H28N2O4/c1-9(2)7-11(15)13(17)19-5-6-20-14(18)12(16)8-10(3)4/h9-12H,5-8,15-16H2,1-4H3/p+2. The van der Waals surface area contributed by atoms with E-state index in [-0.39, 0.29) is 37.2 Å². The monoisotopic (exact) mass is 290 g/mol. The molecule has 6 nitrogen and oxygen atoms in total. The van der Waals surface area contributed by atoms with Gasteiger partial charge in [0.1, 0.15) is 13.2 Å². The minimum atomic E-state index is -0.368. The molecule has 20 heavy (non-hydrogen) atoms. The highest BCUT2D eigenvalue weighted by atomic mass is 16.6. The molecule has 0 rings (SSSR count). The van der Waals surface area contributed by atoms with Crippen LogP contribution >= 0.6 is 0 Å². The molecule has 0 radical (unpaired) electrons. The van der Waals surface area contributed by atoms with Gasteiger partial charge in [-0.3, -0.25) is 0 Å². The number of quaternary nitrogens is 2. The third-order valence-corrected chi connectivity index (χ3v) is 2.75. The van der Waals surface area contributed by atoms with E-state index in [2.05, 4.69) is 11.5 Å². The summed E-state index contributed by atoms with van der Waals surface area (Å²) < 4.78 is 10.0. The van der Waals surface area contributed by atoms with Crippen molar-refractivity contribution in [1.29, 1.82) is 0 Å². The van der Waals surface area contributed by atoms with Gasteiger partial charge in [0.2, 0.25) is 0 Å². The summed E-state index contributed by atoms with van der Waals surface area (Å²) in [6.07, 6.45) is 1.38. The molecule has 0 aliphatic heterocycles. The van der Waals surface area contributed by atoms with E-state index in [0.717, 1.165) is 0 Å². The first kappa shape index (κ1) is 18.9. The highest BCUT2D eigenvalue weighted by Gasteiger charge is 2.22. The molecule has 118 valence electrons. The molecule has 0 aliphatic rings. The summed E-state index contributed by atoms with van der Waals surface area (Å²) in [5.74, 6) is 0.0999. The second kappa shape index (κ2) is 9.72. The molecule has 0 heterocycles. The molecule has 0 aliphatic carbocycles. The summed E-state index contributed by atoms with van der Waals surface area (Å²) in [6, 6.07) is -0.737. The Morgan fingerprint density at radius 2 is 1.10 bits per heavy atom. The van der Waals surface area contributed by atoms with Crippen LogP contribution in [0.1, 0.15) is 40.5 Å². The second-order valence-corrected chi connectivity index (χ2v) is 5.99. The topological polar surface area (TPSA) is 108 Å². The molecule has 0 aromatic carbocycles. The number of carbonyl (C=O) groups excluding carboxylic acids is 2. The van der Waals surface area contributed by atoms with Gasteiger partial charge >= 0.3 is 11.9 Å². The van der Waals surface area contributed by atoms with Gasteiger partial charge in [0, 0.05) is 12.8 Å². The lowest BCUT2D eigenvalue weighted by Gasteiger charge is -2.12. The first-order valence-corrected chi connectivity index (χ1v) is 7.23. The van der Waals surface area contributed by atoms with Crippen LogP contribution in [0.5, 0.6) is 0 Å². The molecule has 6 heteroatoms. The highest BCUT2D eigenvalue weighted by molar-refractivity contribution is 5.74. The summed E-state index contributed by atoms with van der Waals surface area (Å²) in [6.45, 7) is 8.24. The van der Waals surface area contributed by atoms with E-state index in [9.17, 15) is 9.59 Å². The van der Waals surface area contributed by atoms with Crippen LogP contribution in [0, 0.1) is 11.8 Å². The van der Waals surface area contributed by atoms with Crippen LogP contribution in [-0.4, -0.2) is 37.2 Å². The number of carbonyl (C=O) groups is 2. The SMILES string of the molecule is CC(C)CC([NH3+])C(=O)OCCOC(=O)C([NH3+])CC(C)C. The molecule has 0 saturated carbocycles. The molecule has 0 spiro atoms. The van der Waals surface area contributed by atoms with Crippen molar-refractivity contribution < 1.29 is 30.5 Å². The maximum Gasteiger partial charge on any atom is 0.364 e. The van der Waals surface area contributed by atoms with Crippen molar-refractivity contribution in [1.82, 2.24) is 0 Å².